The maximum absolute atomic E-state index is 15.0. The lowest BCUT2D eigenvalue weighted by Crippen LogP contribution is -2.31. The van der Waals surface area contributed by atoms with Gasteiger partial charge in [-0.1, -0.05) is 39.0 Å². The average molecular weight is 291 g/mol. The van der Waals surface area contributed by atoms with Crippen LogP contribution in [0.1, 0.15) is 44.7 Å². The van der Waals surface area contributed by atoms with Crippen LogP contribution >= 0.6 is 0 Å². The molecule has 0 saturated carbocycles. The number of methoxy groups -OCH3 is 1. The normalized spacial score (nSPS) is 13.0. The highest BCUT2D eigenvalue weighted by Crippen LogP contribution is 2.28. The fourth-order valence-electron chi connectivity index (χ4n) is 2.81. The average Bonchev–Trinajstić information content (AvgIpc) is 2.46. The lowest BCUT2D eigenvalue weighted by Gasteiger charge is -2.22. The molecule has 4 heteroatoms. The Kier molecular flexibility index (Phi) is 4.78. The zero-order valence-electron chi connectivity index (χ0n) is 13.0. The van der Waals surface area contributed by atoms with E-state index in [9.17, 15) is 9.18 Å². The number of pyridine rings is 1. The molecule has 1 atom stereocenters. The van der Waals surface area contributed by atoms with E-state index in [1.54, 1.807) is 13.2 Å². The van der Waals surface area contributed by atoms with E-state index in [0.29, 0.717) is 29.4 Å². The van der Waals surface area contributed by atoms with Crippen molar-refractivity contribution in [2.45, 2.75) is 39.2 Å². The van der Waals surface area contributed by atoms with Gasteiger partial charge < -0.3 is 4.74 Å². The molecular formula is C17H22FNO2. The fraction of sp³-hybridized carbons (Fsp3) is 0.471. The first-order chi connectivity index (χ1) is 10.0. The summed E-state index contributed by atoms with van der Waals surface area (Å²) in [5.41, 5.74) is 0.316. The number of aromatic nitrogens is 1. The Hall–Kier alpha value is -1.68. The molecule has 1 aromatic heterocycles. The Morgan fingerprint density at radius 3 is 2.38 bits per heavy atom. The van der Waals surface area contributed by atoms with E-state index in [0.717, 1.165) is 0 Å². The van der Waals surface area contributed by atoms with E-state index in [1.807, 2.05) is 39.0 Å². The molecule has 1 heterocycles. The van der Waals surface area contributed by atoms with Gasteiger partial charge in [-0.25, -0.2) is 0 Å². The lowest BCUT2D eigenvalue weighted by atomic mass is 9.97. The van der Waals surface area contributed by atoms with Gasteiger partial charge in [0.2, 0.25) is 5.95 Å². The van der Waals surface area contributed by atoms with Gasteiger partial charge in [-0.2, -0.15) is 4.39 Å². The summed E-state index contributed by atoms with van der Waals surface area (Å²) in [6.45, 7) is 6.14. The Morgan fingerprint density at radius 2 is 1.86 bits per heavy atom. The highest BCUT2D eigenvalue weighted by atomic mass is 19.1. The second kappa shape index (κ2) is 6.39. The predicted octanol–water partition coefficient (Wildman–Crippen LogP) is 3.86. The minimum Gasteiger partial charge on any atom is -0.383 e. The van der Waals surface area contributed by atoms with Crippen molar-refractivity contribution in [2.75, 3.05) is 13.7 Å². The van der Waals surface area contributed by atoms with Gasteiger partial charge in [0, 0.05) is 18.1 Å². The predicted molar refractivity (Wildman–Crippen MR) is 83.5 cm³/mol. The van der Waals surface area contributed by atoms with Gasteiger partial charge >= 0.3 is 0 Å². The van der Waals surface area contributed by atoms with Gasteiger partial charge in [0.15, 0.2) is 0 Å². The van der Waals surface area contributed by atoms with Crippen molar-refractivity contribution >= 4 is 10.8 Å². The SMILES string of the molecule is CCC(COC)n1c(F)c(C(C)C)c2ccccc2c1=O. The largest absolute Gasteiger partial charge is 0.383 e. The topological polar surface area (TPSA) is 31.2 Å². The van der Waals surface area contributed by atoms with Gasteiger partial charge in [0.25, 0.3) is 5.56 Å². The third-order valence-electron chi connectivity index (χ3n) is 3.87. The van der Waals surface area contributed by atoms with Gasteiger partial charge in [0.05, 0.1) is 12.6 Å². The smallest absolute Gasteiger partial charge is 0.260 e. The van der Waals surface area contributed by atoms with Crippen LogP contribution in [0.4, 0.5) is 4.39 Å². The first kappa shape index (κ1) is 15.7. The third-order valence-corrected chi connectivity index (χ3v) is 3.87. The van der Waals surface area contributed by atoms with Gasteiger partial charge in [-0.05, 0) is 23.8 Å². The van der Waals surface area contributed by atoms with Gasteiger partial charge in [0.1, 0.15) is 0 Å². The maximum atomic E-state index is 15.0. The Morgan fingerprint density at radius 1 is 1.24 bits per heavy atom. The number of ether oxygens (including phenoxy) is 1. The summed E-state index contributed by atoms with van der Waals surface area (Å²) in [7, 11) is 1.57. The number of rotatable bonds is 5. The summed E-state index contributed by atoms with van der Waals surface area (Å²) >= 11 is 0. The van der Waals surface area contributed by atoms with Crippen LogP contribution in [0, 0.1) is 5.95 Å². The highest BCUT2D eigenvalue weighted by Gasteiger charge is 2.22. The number of nitrogens with zero attached hydrogens (tertiary/aromatic N) is 1. The molecule has 0 bridgehead atoms. The van der Waals surface area contributed by atoms with Crippen molar-refractivity contribution in [1.82, 2.24) is 4.57 Å². The van der Waals surface area contributed by atoms with Crippen LogP contribution in [0.15, 0.2) is 29.1 Å². The molecule has 0 radical (unpaired) electrons. The number of hydrogen-bond donors (Lipinski definition) is 0. The molecule has 114 valence electrons. The van der Waals surface area contributed by atoms with Crippen LogP contribution in [0.25, 0.3) is 10.8 Å². The van der Waals surface area contributed by atoms with Gasteiger partial charge in [-0.3, -0.25) is 9.36 Å². The zero-order valence-corrected chi connectivity index (χ0v) is 13.0. The van der Waals surface area contributed by atoms with Crippen molar-refractivity contribution in [3.8, 4) is 0 Å². The van der Waals surface area contributed by atoms with Crippen LogP contribution in [0.5, 0.6) is 0 Å². The van der Waals surface area contributed by atoms with Crippen LogP contribution in [0.3, 0.4) is 0 Å². The molecule has 0 aliphatic heterocycles. The summed E-state index contributed by atoms with van der Waals surface area (Å²) in [4.78, 5) is 12.7. The highest BCUT2D eigenvalue weighted by molar-refractivity contribution is 5.85. The second-order valence-corrected chi connectivity index (χ2v) is 5.60. The second-order valence-electron chi connectivity index (χ2n) is 5.60. The number of hydrogen-bond acceptors (Lipinski definition) is 2. The lowest BCUT2D eigenvalue weighted by molar-refractivity contribution is 0.145. The molecule has 0 fully saturated rings. The minimum absolute atomic E-state index is 0.00167. The fourth-order valence-corrected chi connectivity index (χ4v) is 2.81. The van der Waals surface area contributed by atoms with E-state index in [4.69, 9.17) is 4.74 Å². The van der Waals surface area contributed by atoms with Crippen LogP contribution in [0.2, 0.25) is 0 Å². The Bertz CT molecular complexity index is 691. The van der Waals surface area contributed by atoms with Crippen molar-refractivity contribution < 1.29 is 9.13 Å². The molecule has 0 saturated heterocycles. The number of halogens is 1. The number of fused-ring (bicyclic) bond motifs is 1. The molecule has 0 amide bonds. The van der Waals surface area contributed by atoms with Crippen molar-refractivity contribution in [3.05, 3.63) is 46.1 Å². The molecule has 0 aliphatic carbocycles. The molecule has 1 aromatic carbocycles. The summed E-state index contributed by atoms with van der Waals surface area (Å²) in [5.74, 6) is -0.431. The maximum Gasteiger partial charge on any atom is 0.260 e. The Labute approximate surface area is 124 Å². The summed E-state index contributed by atoms with van der Waals surface area (Å²) in [6.07, 6.45) is 0.639. The van der Waals surface area contributed by atoms with Crippen molar-refractivity contribution in [1.29, 1.82) is 0 Å². The first-order valence-electron chi connectivity index (χ1n) is 7.34. The van der Waals surface area contributed by atoms with E-state index in [2.05, 4.69) is 0 Å². The molecule has 0 spiro atoms. The molecule has 1 unspecified atom stereocenters. The van der Waals surface area contributed by atoms with E-state index < -0.39 is 5.95 Å². The standard InChI is InChI=1S/C17H22FNO2/c1-5-12(10-21-4)19-16(18)15(11(2)3)13-8-6-7-9-14(13)17(19)20/h6-9,11-12H,5,10H2,1-4H3. The van der Waals surface area contributed by atoms with E-state index in [1.165, 1.54) is 4.57 Å². The van der Waals surface area contributed by atoms with Crippen LogP contribution in [-0.4, -0.2) is 18.3 Å². The molecule has 2 rings (SSSR count). The summed E-state index contributed by atoms with van der Waals surface area (Å²) in [6, 6.07) is 6.94. The van der Waals surface area contributed by atoms with E-state index >= 15 is 0 Å². The quantitative estimate of drug-likeness (QED) is 0.783. The Balaban J connectivity index is 2.85. The summed E-state index contributed by atoms with van der Waals surface area (Å²) < 4.78 is 21.4. The monoisotopic (exact) mass is 291 g/mol. The van der Waals surface area contributed by atoms with Gasteiger partial charge in [-0.15, -0.1) is 0 Å². The molecule has 0 aliphatic rings. The van der Waals surface area contributed by atoms with Crippen molar-refractivity contribution in [2.24, 2.45) is 0 Å². The summed E-state index contributed by atoms with van der Waals surface area (Å²) in [5, 5.41) is 1.27. The van der Waals surface area contributed by atoms with Crippen molar-refractivity contribution in [3.63, 3.8) is 0 Å². The zero-order chi connectivity index (χ0) is 15.6. The molecule has 3 nitrogen and oxygen atoms in total. The van der Waals surface area contributed by atoms with E-state index in [-0.39, 0.29) is 17.5 Å². The third kappa shape index (κ3) is 2.72. The van der Waals surface area contributed by atoms with Crippen LogP contribution in [-0.2, 0) is 4.74 Å². The number of benzene rings is 1. The molecule has 2 aromatic rings. The van der Waals surface area contributed by atoms with Crippen LogP contribution < -0.4 is 5.56 Å². The first-order valence-corrected chi connectivity index (χ1v) is 7.34. The molecular weight excluding hydrogens is 269 g/mol. The molecule has 21 heavy (non-hydrogen) atoms. The minimum atomic E-state index is -0.433. The molecule has 0 N–H and O–H groups in total.